The summed E-state index contributed by atoms with van der Waals surface area (Å²) in [6.45, 7) is 0.972. The summed E-state index contributed by atoms with van der Waals surface area (Å²) in [4.78, 5) is 28.1. The minimum Gasteiger partial charge on any atom is -0.349 e. The molecule has 0 saturated carbocycles. The molecule has 2 amide bonds. The number of halogens is 2. The third-order valence-corrected chi connectivity index (χ3v) is 6.69. The fourth-order valence-corrected chi connectivity index (χ4v) is 5.03. The van der Waals surface area contributed by atoms with Crippen molar-refractivity contribution in [2.45, 2.75) is 30.2 Å². The minimum absolute atomic E-state index is 0.0361. The highest BCUT2D eigenvalue weighted by Gasteiger charge is 2.30. The maximum Gasteiger partial charge on any atom is 0.253 e. The van der Waals surface area contributed by atoms with Crippen LogP contribution in [-0.2, 0) is 4.79 Å². The van der Waals surface area contributed by atoms with E-state index in [9.17, 15) is 18.4 Å². The van der Waals surface area contributed by atoms with Gasteiger partial charge in [0.1, 0.15) is 11.6 Å². The molecule has 4 nitrogen and oxygen atoms in total. The lowest BCUT2D eigenvalue weighted by molar-refractivity contribution is -0.127. The molecule has 0 aliphatic carbocycles. The fourth-order valence-electron chi connectivity index (χ4n) is 3.92. The van der Waals surface area contributed by atoms with Crippen molar-refractivity contribution in [2.75, 3.05) is 18.8 Å². The number of benzene rings is 2. The van der Waals surface area contributed by atoms with Crippen LogP contribution in [0.15, 0.2) is 47.4 Å². The van der Waals surface area contributed by atoms with E-state index in [1.807, 2.05) is 0 Å². The number of likely N-dealkylation sites (tertiary alicyclic amines) is 1. The van der Waals surface area contributed by atoms with Crippen LogP contribution in [0.5, 0.6) is 0 Å². The maximum atomic E-state index is 13.7. The molecule has 2 aliphatic rings. The predicted molar refractivity (Wildman–Crippen MR) is 108 cm³/mol. The van der Waals surface area contributed by atoms with Gasteiger partial charge in [-0.2, -0.15) is 0 Å². The van der Waals surface area contributed by atoms with E-state index in [2.05, 4.69) is 5.32 Å². The van der Waals surface area contributed by atoms with Gasteiger partial charge in [-0.25, -0.2) is 8.78 Å². The van der Waals surface area contributed by atoms with E-state index in [4.69, 9.17) is 0 Å². The molecule has 152 valence electrons. The van der Waals surface area contributed by atoms with Crippen LogP contribution in [0.3, 0.4) is 0 Å². The highest BCUT2D eigenvalue weighted by molar-refractivity contribution is 7.99. The quantitative estimate of drug-likeness (QED) is 0.817. The van der Waals surface area contributed by atoms with Crippen LogP contribution in [-0.4, -0.2) is 35.6 Å². The number of carbonyl (C=O) groups excluding carboxylic acids is 2. The standard InChI is InChI=1S/C22H22F2N2O2S/c23-16-3-1-15(2-4-16)22(28)26-10-7-14(8-11-26)21(27)25-19-9-12-29-20-6-5-17(24)13-18(19)20/h1-6,13-14,19H,7-12H2,(H,25,27). The molecule has 0 bridgehead atoms. The van der Waals surface area contributed by atoms with Crippen LogP contribution in [0.1, 0.15) is 41.2 Å². The monoisotopic (exact) mass is 416 g/mol. The lowest BCUT2D eigenvalue weighted by Crippen LogP contribution is -2.44. The van der Waals surface area contributed by atoms with E-state index in [0.717, 1.165) is 22.6 Å². The van der Waals surface area contributed by atoms with Crippen molar-refractivity contribution < 1.29 is 18.4 Å². The molecule has 0 radical (unpaired) electrons. The Morgan fingerprint density at radius 2 is 1.66 bits per heavy atom. The van der Waals surface area contributed by atoms with Crippen molar-refractivity contribution in [3.8, 4) is 0 Å². The van der Waals surface area contributed by atoms with Crippen molar-refractivity contribution in [3.05, 3.63) is 65.2 Å². The molecule has 0 spiro atoms. The van der Waals surface area contributed by atoms with Crippen molar-refractivity contribution >= 4 is 23.6 Å². The molecule has 4 rings (SSSR count). The third-order valence-electron chi connectivity index (χ3n) is 5.57. The fraction of sp³-hybridized carbons (Fsp3) is 0.364. The Bertz CT molecular complexity index is 912. The Kier molecular flexibility index (Phi) is 5.85. The van der Waals surface area contributed by atoms with E-state index in [-0.39, 0.29) is 35.4 Å². The Balaban J connectivity index is 1.35. The first-order chi connectivity index (χ1) is 14.0. The van der Waals surface area contributed by atoms with Gasteiger partial charge >= 0.3 is 0 Å². The average molecular weight is 416 g/mol. The summed E-state index contributed by atoms with van der Waals surface area (Å²) in [6.07, 6.45) is 1.93. The second-order valence-corrected chi connectivity index (χ2v) is 8.59. The van der Waals surface area contributed by atoms with Gasteiger partial charge in [0.15, 0.2) is 0 Å². The SMILES string of the molecule is O=C(NC1CCSc2ccc(F)cc21)C1CCN(C(=O)c2ccc(F)cc2)CC1. The lowest BCUT2D eigenvalue weighted by Gasteiger charge is -2.33. The molecule has 29 heavy (non-hydrogen) atoms. The van der Waals surface area contributed by atoms with Gasteiger partial charge in [-0.1, -0.05) is 0 Å². The molecule has 1 fully saturated rings. The van der Waals surface area contributed by atoms with Crippen molar-refractivity contribution in [3.63, 3.8) is 0 Å². The summed E-state index contributed by atoms with van der Waals surface area (Å²) in [6, 6.07) is 10.1. The molecule has 1 atom stereocenters. The minimum atomic E-state index is -0.375. The number of amides is 2. The maximum absolute atomic E-state index is 13.7. The van der Waals surface area contributed by atoms with Crippen LogP contribution in [0, 0.1) is 17.6 Å². The highest BCUT2D eigenvalue weighted by Crippen LogP contribution is 2.36. The molecule has 1 N–H and O–H groups in total. The first-order valence-electron chi connectivity index (χ1n) is 9.79. The highest BCUT2D eigenvalue weighted by atomic mass is 32.2. The number of hydrogen-bond acceptors (Lipinski definition) is 3. The van der Waals surface area contributed by atoms with Crippen molar-refractivity contribution in [2.24, 2.45) is 5.92 Å². The van der Waals surface area contributed by atoms with Crippen molar-refractivity contribution in [1.82, 2.24) is 10.2 Å². The number of nitrogens with zero attached hydrogens (tertiary/aromatic N) is 1. The summed E-state index contributed by atoms with van der Waals surface area (Å²) < 4.78 is 26.7. The zero-order valence-corrected chi connectivity index (χ0v) is 16.7. The van der Waals surface area contributed by atoms with Crippen LogP contribution in [0.25, 0.3) is 0 Å². The van der Waals surface area contributed by atoms with Gasteiger partial charge in [0.25, 0.3) is 5.91 Å². The van der Waals surface area contributed by atoms with E-state index in [1.165, 1.54) is 36.4 Å². The number of thioether (sulfide) groups is 1. The third kappa shape index (κ3) is 4.45. The van der Waals surface area contributed by atoms with E-state index >= 15 is 0 Å². The zero-order chi connectivity index (χ0) is 20.4. The Hall–Kier alpha value is -2.41. The van der Waals surface area contributed by atoms with E-state index < -0.39 is 0 Å². The molecule has 2 aromatic rings. The summed E-state index contributed by atoms with van der Waals surface area (Å²) >= 11 is 1.68. The molecule has 1 saturated heterocycles. The van der Waals surface area contributed by atoms with Gasteiger partial charge in [0.2, 0.25) is 5.91 Å². The van der Waals surface area contributed by atoms with Crippen LogP contribution >= 0.6 is 11.8 Å². The summed E-state index contributed by atoms with van der Waals surface area (Å²) in [5.41, 5.74) is 1.30. The second kappa shape index (κ2) is 8.53. The topological polar surface area (TPSA) is 49.4 Å². The molecule has 1 unspecified atom stereocenters. The van der Waals surface area contributed by atoms with Crippen LogP contribution in [0.2, 0.25) is 0 Å². The summed E-state index contributed by atoms with van der Waals surface area (Å²) in [5, 5.41) is 3.09. The van der Waals surface area contributed by atoms with Gasteiger partial charge in [0, 0.05) is 35.2 Å². The Labute approximate surface area is 172 Å². The number of piperidine rings is 1. The van der Waals surface area contributed by atoms with Gasteiger partial charge in [0.05, 0.1) is 6.04 Å². The zero-order valence-electron chi connectivity index (χ0n) is 15.9. The Morgan fingerprint density at radius 3 is 2.38 bits per heavy atom. The molecule has 2 aliphatic heterocycles. The van der Waals surface area contributed by atoms with Gasteiger partial charge in [-0.15, -0.1) is 11.8 Å². The summed E-state index contributed by atoms with van der Waals surface area (Å²) in [7, 11) is 0. The first-order valence-corrected chi connectivity index (χ1v) is 10.8. The molecular formula is C22H22F2N2O2S. The summed E-state index contributed by atoms with van der Waals surface area (Å²) in [5.74, 6) is -0.131. The van der Waals surface area contributed by atoms with E-state index in [0.29, 0.717) is 31.5 Å². The largest absolute Gasteiger partial charge is 0.349 e. The number of carbonyl (C=O) groups is 2. The molecule has 2 heterocycles. The Morgan fingerprint density at radius 1 is 0.966 bits per heavy atom. The number of fused-ring (bicyclic) bond motifs is 1. The normalized spacial score (nSPS) is 19.5. The van der Waals surface area contributed by atoms with Gasteiger partial charge < -0.3 is 10.2 Å². The van der Waals surface area contributed by atoms with Gasteiger partial charge in [-0.3, -0.25) is 9.59 Å². The average Bonchev–Trinajstić information content (AvgIpc) is 2.74. The molecule has 0 aromatic heterocycles. The second-order valence-electron chi connectivity index (χ2n) is 7.45. The first kappa shape index (κ1) is 19.9. The smallest absolute Gasteiger partial charge is 0.253 e. The lowest BCUT2D eigenvalue weighted by atomic mass is 9.94. The van der Waals surface area contributed by atoms with Crippen molar-refractivity contribution in [1.29, 1.82) is 0 Å². The number of nitrogens with one attached hydrogen (secondary N) is 1. The molecule has 7 heteroatoms. The number of rotatable bonds is 3. The predicted octanol–water partition coefficient (Wildman–Crippen LogP) is 4.17. The van der Waals surface area contributed by atoms with Crippen LogP contribution < -0.4 is 5.32 Å². The molecular weight excluding hydrogens is 394 g/mol. The number of hydrogen-bond donors (Lipinski definition) is 1. The van der Waals surface area contributed by atoms with E-state index in [1.54, 1.807) is 22.7 Å². The molecule has 2 aromatic carbocycles. The van der Waals surface area contributed by atoms with Crippen LogP contribution in [0.4, 0.5) is 8.78 Å². The van der Waals surface area contributed by atoms with Gasteiger partial charge in [-0.05, 0) is 67.3 Å².